The molecule has 90 valence electrons. The van der Waals surface area contributed by atoms with Gasteiger partial charge in [-0.25, -0.2) is 13.1 Å². The second-order valence-electron chi connectivity index (χ2n) is 2.96. The molecule has 8 heteroatoms. The third kappa shape index (κ3) is 2.45. The molecule has 0 amide bonds. The summed E-state index contributed by atoms with van der Waals surface area (Å²) in [5, 5.41) is 0. The molecule has 0 unspecified atom stereocenters. The molecule has 1 aromatic rings. The molecule has 3 N–H and O–H groups in total. The second-order valence-corrected chi connectivity index (χ2v) is 4.81. The van der Waals surface area contributed by atoms with E-state index in [0.717, 1.165) is 19.2 Å². The Balaban J connectivity index is 3.42. The quantitative estimate of drug-likeness (QED) is 0.779. The average molecular weight is 254 g/mol. The number of sulfonamides is 1. The molecule has 0 aliphatic heterocycles. The van der Waals surface area contributed by atoms with Crippen LogP contribution in [0.3, 0.4) is 0 Å². The van der Waals surface area contributed by atoms with Crippen molar-refractivity contribution >= 4 is 15.7 Å². The molecule has 0 spiro atoms. The highest BCUT2D eigenvalue weighted by Gasteiger charge is 2.32. The molecule has 0 saturated carbocycles. The van der Waals surface area contributed by atoms with E-state index in [4.69, 9.17) is 5.73 Å². The van der Waals surface area contributed by atoms with Gasteiger partial charge in [0.1, 0.15) is 4.90 Å². The van der Waals surface area contributed by atoms with Crippen LogP contribution >= 0.6 is 0 Å². The van der Waals surface area contributed by atoms with Gasteiger partial charge in [0.15, 0.2) is 0 Å². The predicted molar refractivity (Wildman–Crippen MR) is 52.1 cm³/mol. The number of nitrogen functional groups attached to an aromatic ring is 1. The molecule has 0 radical (unpaired) electrons. The Morgan fingerprint density at radius 1 is 1.31 bits per heavy atom. The van der Waals surface area contributed by atoms with Crippen molar-refractivity contribution < 1.29 is 21.6 Å². The Labute approximate surface area is 90.3 Å². The summed E-state index contributed by atoms with van der Waals surface area (Å²) >= 11 is 0. The Morgan fingerprint density at radius 3 is 2.31 bits per heavy atom. The van der Waals surface area contributed by atoms with Crippen LogP contribution in [0.2, 0.25) is 0 Å². The first-order valence-corrected chi connectivity index (χ1v) is 5.57. The van der Waals surface area contributed by atoms with Crippen molar-refractivity contribution in [2.45, 2.75) is 11.1 Å². The lowest BCUT2D eigenvalue weighted by molar-refractivity contribution is -0.137. The molecule has 0 aliphatic rings. The number of hydrogen-bond acceptors (Lipinski definition) is 3. The first kappa shape index (κ1) is 12.8. The van der Waals surface area contributed by atoms with Crippen molar-refractivity contribution in [1.29, 1.82) is 0 Å². The van der Waals surface area contributed by atoms with Gasteiger partial charge in [0.25, 0.3) is 0 Å². The lowest BCUT2D eigenvalue weighted by Crippen LogP contribution is -2.20. The Morgan fingerprint density at radius 2 is 1.88 bits per heavy atom. The lowest BCUT2D eigenvalue weighted by atomic mass is 10.2. The van der Waals surface area contributed by atoms with Crippen molar-refractivity contribution in [2.24, 2.45) is 0 Å². The van der Waals surface area contributed by atoms with Crippen molar-refractivity contribution in [1.82, 2.24) is 4.72 Å². The fraction of sp³-hybridized carbons (Fsp3) is 0.250. The SMILES string of the molecule is CNS(=O)(=O)c1cc(C(F)(F)F)ccc1N. The Bertz CT molecular complexity index is 496. The maximum Gasteiger partial charge on any atom is 0.416 e. The third-order valence-corrected chi connectivity index (χ3v) is 3.37. The lowest BCUT2D eigenvalue weighted by Gasteiger charge is -2.10. The van der Waals surface area contributed by atoms with Gasteiger partial charge in [-0.2, -0.15) is 13.2 Å². The maximum absolute atomic E-state index is 12.3. The molecule has 4 nitrogen and oxygen atoms in total. The van der Waals surface area contributed by atoms with Gasteiger partial charge in [0.2, 0.25) is 10.0 Å². The fourth-order valence-corrected chi connectivity index (χ4v) is 1.93. The number of benzene rings is 1. The zero-order valence-corrected chi connectivity index (χ0v) is 8.98. The summed E-state index contributed by atoms with van der Waals surface area (Å²) in [6.45, 7) is 0. The maximum atomic E-state index is 12.3. The minimum absolute atomic E-state index is 0.234. The number of rotatable bonds is 2. The van der Waals surface area contributed by atoms with E-state index in [2.05, 4.69) is 0 Å². The number of nitrogens with one attached hydrogen (secondary N) is 1. The smallest absolute Gasteiger partial charge is 0.398 e. The Kier molecular flexibility index (Phi) is 3.15. The molecule has 1 rings (SSSR count). The summed E-state index contributed by atoms with van der Waals surface area (Å²) < 4.78 is 61.6. The summed E-state index contributed by atoms with van der Waals surface area (Å²) in [6, 6.07) is 2.14. The molecule has 0 heterocycles. The normalized spacial score (nSPS) is 12.8. The second kappa shape index (κ2) is 3.95. The molecule has 0 fully saturated rings. The van der Waals surface area contributed by atoms with E-state index in [9.17, 15) is 21.6 Å². The van der Waals surface area contributed by atoms with E-state index in [-0.39, 0.29) is 5.69 Å². The van der Waals surface area contributed by atoms with Gasteiger partial charge in [-0.1, -0.05) is 0 Å². The summed E-state index contributed by atoms with van der Waals surface area (Å²) in [6.07, 6.45) is -4.61. The highest BCUT2D eigenvalue weighted by molar-refractivity contribution is 7.89. The Hall–Kier alpha value is -1.28. The highest BCUT2D eigenvalue weighted by Crippen LogP contribution is 2.32. The van der Waals surface area contributed by atoms with Crippen LogP contribution in [0.5, 0.6) is 0 Å². The van der Waals surface area contributed by atoms with Crippen LogP contribution in [-0.2, 0) is 16.2 Å². The molecule has 16 heavy (non-hydrogen) atoms. The third-order valence-electron chi connectivity index (χ3n) is 1.90. The van der Waals surface area contributed by atoms with Gasteiger partial charge in [-0.05, 0) is 25.2 Å². The highest BCUT2D eigenvalue weighted by atomic mass is 32.2. The van der Waals surface area contributed by atoms with Crippen molar-refractivity contribution in [3.05, 3.63) is 23.8 Å². The van der Waals surface area contributed by atoms with E-state index >= 15 is 0 Å². The van der Waals surface area contributed by atoms with Crippen LogP contribution in [-0.4, -0.2) is 15.5 Å². The molecule has 0 atom stereocenters. The van der Waals surface area contributed by atoms with Crippen molar-refractivity contribution in [3.8, 4) is 0 Å². The standard InChI is InChI=1S/C8H9F3N2O2S/c1-13-16(14,15)7-4-5(8(9,10)11)2-3-6(7)12/h2-4,13H,12H2,1H3. The van der Waals surface area contributed by atoms with Crippen molar-refractivity contribution in [3.63, 3.8) is 0 Å². The van der Waals surface area contributed by atoms with Crippen LogP contribution in [0, 0.1) is 0 Å². The monoisotopic (exact) mass is 254 g/mol. The summed E-state index contributed by atoms with van der Waals surface area (Å²) in [7, 11) is -2.89. The van der Waals surface area contributed by atoms with Gasteiger partial charge >= 0.3 is 6.18 Å². The first-order chi connectivity index (χ1) is 7.18. The molecule has 0 bridgehead atoms. The topological polar surface area (TPSA) is 72.2 Å². The van der Waals surface area contributed by atoms with Crippen molar-refractivity contribution in [2.75, 3.05) is 12.8 Å². The largest absolute Gasteiger partial charge is 0.416 e. The van der Waals surface area contributed by atoms with Crippen LogP contribution in [0.4, 0.5) is 18.9 Å². The summed E-state index contributed by atoms with van der Waals surface area (Å²) in [4.78, 5) is -0.579. The number of hydrogen-bond donors (Lipinski definition) is 2. The van der Waals surface area contributed by atoms with Crippen LogP contribution in [0.15, 0.2) is 23.1 Å². The van der Waals surface area contributed by atoms with Gasteiger partial charge in [-0.15, -0.1) is 0 Å². The molecule has 0 aromatic heterocycles. The van der Waals surface area contributed by atoms with Gasteiger partial charge in [0.05, 0.1) is 11.3 Å². The van der Waals surface area contributed by atoms with Crippen LogP contribution in [0.1, 0.15) is 5.56 Å². The minimum atomic E-state index is -4.61. The van der Waals surface area contributed by atoms with Crippen LogP contribution in [0.25, 0.3) is 0 Å². The molecule has 0 saturated heterocycles. The van der Waals surface area contributed by atoms with Gasteiger partial charge in [-0.3, -0.25) is 0 Å². The minimum Gasteiger partial charge on any atom is -0.398 e. The predicted octanol–water partition coefficient (Wildman–Crippen LogP) is 1.20. The van der Waals surface area contributed by atoms with E-state index in [0.29, 0.717) is 6.07 Å². The van der Waals surface area contributed by atoms with E-state index in [1.54, 1.807) is 0 Å². The van der Waals surface area contributed by atoms with Gasteiger partial charge < -0.3 is 5.73 Å². The van der Waals surface area contributed by atoms with Gasteiger partial charge in [0, 0.05) is 0 Å². The number of halogens is 3. The van der Waals surface area contributed by atoms with E-state index in [1.807, 2.05) is 4.72 Å². The number of anilines is 1. The molecular formula is C8H9F3N2O2S. The summed E-state index contributed by atoms with van der Waals surface area (Å²) in [5.74, 6) is 0. The number of alkyl halides is 3. The molecule has 0 aliphatic carbocycles. The van der Waals surface area contributed by atoms with E-state index < -0.39 is 26.7 Å². The van der Waals surface area contributed by atoms with Crippen LogP contribution < -0.4 is 10.5 Å². The zero-order valence-electron chi connectivity index (χ0n) is 8.17. The molecular weight excluding hydrogens is 245 g/mol. The van der Waals surface area contributed by atoms with E-state index in [1.165, 1.54) is 0 Å². The average Bonchev–Trinajstić information content (AvgIpc) is 2.16. The zero-order chi connectivity index (χ0) is 12.6. The fourth-order valence-electron chi connectivity index (χ4n) is 1.05. The summed E-state index contributed by atoms with van der Waals surface area (Å²) in [5.41, 5.74) is 4.01. The molecule has 1 aromatic carbocycles. The number of nitrogens with two attached hydrogens (primary N) is 1. The first-order valence-electron chi connectivity index (χ1n) is 4.09.